The zero-order valence-electron chi connectivity index (χ0n) is 11.5. The first-order chi connectivity index (χ1) is 8.61. The minimum atomic E-state index is 0.800. The third-order valence-corrected chi connectivity index (χ3v) is 4.41. The number of hydrogen-bond donors (Lipinski definition) is 1. The van der Waals surface area contributed by atoms with E-state index in [0.29, 0.717) is 0 Å². The molecule has 1 saturated carbocycles. The molecule has 0 amide bonds. The van der Waals surface area contributed by atoms with Crippen LogP contribution >= 0.6 is 15.9 Å². The number of halogens is 1. The van der Waals surface area contributed by atoms with Crippen LogP contribution < -0.4 is 5.32 Å². The summed E-state index contributed by atoms with van der Waals surface area (Å²) in [7, 11) is 2.17. The van der Waals surface area contributed by atoms with Crippen LogP contribution in [-0.4, -0.2) is 40.9 Å². The molecule has 18 heavy (non-hydrogen) atoms. The smallest absolute Gasteiger partial charge is 0.0739 e. The molecule has 0 aliphatic heterocycles. The van der Waals surface area contributed by atoms with Crippen LogP contribution in [0, 0.1) is 6.92 Å². The summed E-state index contributed by atoms with van der Waals surface area (Å²) in [6.45, 7) is 8.22. The van der Waals surface area contributed by atoms with Crippen molar-refractivity contribution in [3.05, 3.63) is 15.9 Å². The summed E-state index contributed by atoms with van der Waals surface area (Å²) in [5.41, 5.74) is 2.36. The van der Waals surface area contributed by atoms with Gasteiger partial charge in [-0.25, -0.2) is 0 Å². The summed E-state index contributed by atoms with van der Waals surface area (Å²) in [4.78, 5) is 2.35. The van der Waals surface area contributed by atoms with Crippen LogP contribution in [0.3, 0.4) is 0 Å². The van der Waals surface area contributed by atoms with Crippen molar-refractivity contribution < 1.29 is 0 Å². The third-order valence-electron chi connectivity index (χ3n) is 3.38. The van der Waals surface area contributed by atoms with Crippen molar-refractivity contribution in [2.24, 2.45) is 0 Å². The summed E-state index contributed by atoms with van der Waals surface area (Å²) < 4.78 is 3.25. The quantitative estimate of drug-likeness (QED) is 0.837. The SMILES string of the molecule is CCn1nc(C)c(Br)c1CN(C)CCNC1CC1. The molecule has 1 aliphatic carbocycles. The van der Waals surface area contributed by atoms with E-state index in [0.717, 1.165) is 42.4 Å². The average Bonchev–Trinajstić information content (AvgIpc) is 3.12. The highest BCUT2D eigenvalue weighted by Crippen LogP contribution is 2.22. The maximum Gasteiger partial charge on any atom is 0.0739 e. The summed E-state index contributed by atoms with van der Waals surface area (Å²) in [5.74, 6) is 0. The molecule has 0 atom stereocenters. The van der Waals surface area contributed by atoms with Crippen LogP contribution in [-0.2, 0) is 13.1 Å². The van der Waals surface area contributed by atoms with Gasteiger partial charge in [0.1, 0.15) is 0 Å². The molecule has 5 heteroatoms. The Morgan fingerprint density at radius 2 is 2.22 bits per heavy atom. The van der Waals surface area contributed by atoms with E-state index in [1.165, 1.54) is 18.5 Å². The highest BCUT2D eigenvalue weighted by Gasteiger charge is 2.20. The predicted molar refractivity (Wildman–Crippen MR) is 77.7 cm³/mol. The van der Waals surface area contributed by atoms with Gasteiger partial charge in [0.2, 0.25) is 0 Å². The molecular formula is C13H23BrN4. The van der Waals surface area contributed by atoms with Gasteiger partial charge in [0, 0.05) is 32.2 Å². The van der Waals surface area contributed by atoms with Crippen molar-refractivity contribution in [2.75, 3.05) is 20.1 Å². The Labute approximate surface area is 118 Å². The van der Waals surface area contributed by atoms with Crippen LogP contribution in [0.25, 0.3) is 0 Å². The molecule has 0 saturated heterocycles. The minimum absolute atomic E-state index is 0.800. The molecule has 1 fully saturated rings. The van der Waals surface area contributed by atoms with Crippen LogP contribution in [0.5, 0.6) is 0 Å². The molecular weight excluding hydrogens is 292 g/mol. The fourth-order valence-electron chi connectivity index (χ4n) is 2.10. The lowest BCUT2D eigenvalue weighted by Crippen LogP contribution is -2.30. The van der Waals surface area contributed by atoms with Crippen molar-refractivity contribution in [3.63, 3.8) is 0 Å². The molecule has 1 aromatic rings. The number of hydrogen-bond acceptors (Lipinski definition) is 3. The van der Waals surface area contributed by atoms with Crippen LogP contribution in [0.15, 0.2) is 4.47 Å². The maximum atomic E-state index is 4.53. The van der Waals surface area contributed by atoms with Gasteiger partial charge in [-0.2, -0.15) is 5.10 Å². The standard InChI is InChI=1S/C13H23BrN4/c1-4-18-12(13(14)10(2)16-18)9-17(3)8-7-15-11-5-6-11/h11,15H,4-9H2,1-3H3. The Kier molecular flexibility index (Phi) is 4.81. The number of aryl methyl sites for hydroxylation is 2. The van der Waals surface area contributed by atoms with Crippen LogP contribution in [0.1, 0.15) is 31.2 Å². The van der Waals surface area contributed by atoms with Gasteiger partial charge >= 0.3 is 0 Å². The third kappa shape index (κ3) is 3.56. The molecule has 102 valence electrons. The molecule has 0 spiro atoms. The number of likely N-dealkylation sites (N-methyl/N-ethyl adjacent to an activating group) is 1. The van der Waals surface area contributed by atoms with Gasteiger partial charge in [0.05, 0.1) is 15.9 Å². The van der Waals surface area contributed by atoms with Gasteiger partial charge in [0.15, 0.2) is 0 Å². The van der Waals surface area contributed by atoms with Crippen molar-refractivity contribution in [3.8, 4) is 0 Å². The van der Waals surface area contributed by atoms with E-state index < -0.39 is 0 Å². The number of nitrogens with zero attached hydrogens (tertiary/aromatic N) is 3. The fraction of sp³-hybridized carbons (Fsp3) is 0.769. The Morgan fingerprint density at radius 3 is 2.83 bits per heavy atom. The summed E-state index contributed by atoms with van der Waals surface area (Å²) in [6, 6.07) is 0.800. The Morgan fingerprint density at radius 1 is 1.50 bits per heavy atom. The van der Waals surface area contributed by atoms with Crippen LogP contribution in [0.4, 0.5) is 0 Å². The van der Waals surface area contributed by atoms with E-state index in [1.54, 1.807) is 0 Å². The van der Waals surface area contributed by atoms with Gasteiger partial charge in [-0.3, -0.25) is 9.58 Å². The second kappa shape index (κ2) is 6.17. The number of rotatable bonds is 7. The van der Waals surface area contributed by atoms with E-state index >= 15 is 0 Å². The predicted octanol–water partition coefficient (Wildman–Crippen LogP) is 2.16. The number of aromatic nitrogens is 2. The zero-order valence-corrected chi connectivity index (χ0v) is 13.1. The lowest BCUT2D eigenvalue weighted by molar-refractivity contribution is 0.312. The van der Waals surface area contributed by atoms with Crippen molar-refractivity contribution in [2.45, 2.75) is 45.8 Å². The lowest BCUT2D eigenvalue weighted by atomic mass is 10.3. The summed E-state index contributed by atoms with van der Waals surface area (Å²) in [6.07, 6.45) is 2.72. The molecule has 0 radical (unpaired) electrons. The lowest BCUT2D eigenvalue weighted by Gasteiger charge is -2.17. The molecule has 1 N–H and O–H groups in total. The van der Waals surface area contributed by atoms with Gasteiger partial charge in [-0.05, 0) is 49.7 Å². The molecule has 0 aromatic carbocycles. The summed E-state index contributed by atoms with van der Waals surface area (Å²) >= 11 is 3.65. The molecule has 0 unspecified atom stereocenters. The Bertz CT molecular complexity index is 398. The number of nitrogens with one attached hydrogen (secondary N) is 1. The zero-order chi connectivity index (χ0) is 13.1. The van der Waals surface area contributed by atoms with Crippen molar-refractivity contribution >= 4 is 15.9 Å². The second-order valence-electron chi connectivity index (χ2n) is 5.13. The molecule has 4 nitrogen and oxygen atoms in total. The largest absolute Gasteiger partial charge is 0.313 e. The maximum absolute atomic E-state index is 4.53. The van der Waals surface area contributed by atoms with E-state index in [4.69, 9.17) is 0 Å². The molecule has 1 heterocycles. The first-order valence-corrected chi connectivity index (χ1v) is 7.54. The second-order valence-corrected chi connectivity index (χ2v) is 5.92. The van der Waals surface area contributed by atoms with E-state index in [2.05, 4.69) is 49.9 Å². The fourth-order valence-corrected chi connectivity index (χ4v) is 2.51. The van der Waals surface area contributed by atoms with Gasteiger partial charge in [0.25, 0.3) is 0 Å². The molecule has 1 aliphatic rings. The highest BCUT2D eigenvalue weighted by molar-refractivity contribution is 9.10. The Hall–Kier alpha value is -0.390. The Balaban J connectivity index is 1.86. The van der Waals surface area contributed by atoms with E-state index in [1.807, 2.05) is 6.92 Å². The molecule has 2 rings (SSSR count). The van der Waals surface area contributed by atoms with E-state index in [-0.39, 0.29) is 0 Å². The van der Waals surface area contributed by atoms with E-state index in [9.17, 15) is 0 Å². The topological polar surface area (TPSA) is 33.1 Å². The van der Waals surface area contributed by atoms with Gasteiger partial charge in [-0.1, -0.05) is 0 Å². The van der Waals surface area contributed by atoms with Gasteiger partial charge < -0.3 is 5.32 Å². The first kappa shape index (κ1) is 14.0. The summed E-state index contributed by atoms with van der Waals surface area (Å²) in [5, 5.41) is 8.07. The normalized spacial score (nSPS) is 15.6. The molecule has 0 bridgehead atoms. The van der Waals surface area contributed by atoms with Gasteiger partial charge in [-0.15, -0.1) is 0 Å². The van der Waals surface area contributed by atoms with Crippen LogP contribution in [0.2, 0.25) is 0 Å². The monoisotopic (exact) mass is 314 g/mol. The average molecular weight is 315 g/mol. The highest BCUT2D eigenvalue weighted by atomic mass is 79.9. The first-order valence-electron chi connectivity index (χ1n) is 6.75. The van der Waals surface area contributed by atoms with Crippen molar-refractivity contribution in [1.29, 1.82) is 0 Å². The minimum Gasteiger partial charge on any atom is -0.313 e. The molecule has 1 aromatic heterocycles. The van der Waals surface area contributed by atoms with Crippen molar-refractivity contribution in [1.82, 2.24) is 20.0 Å².